The van der Waals surface area contributed by atoms with Gasteiger partial charge in [0.25, 0.3) is 5.91 Å². The van der Waals surface area contributed by atoms with E-state index < -0.39 is 0 Å². The van der Waals surface area contributed by atoms with Crippen LogP contribution in [0.3, 0.4) is 0 Å². The van der Waals surface area contributed by atoms with Gasteiger partial charge in [0.2, 0.25) is 0 Å². The Morgan fingerprint density at radius 3 is 3.05 bits per heavy atom. The average molecular weight is 308 g/mol. The summed E-state index contributed by atoms with van der Waals surface area (Å²) in [5, 5.41) is 9.15. The second-order valence-corrected chi connectivity index (χ2v) is 5.31. The fraction of sp³-hybridized carbons (Fsp3) is 0.438. The number of aliphatic hydroxyl groups excluding tert-OH is 1. The molecule has 0 aromatic heterocycles. The largest absolute Gasteiger partial charge is 0.395 e. The number of aliphatic hydroxyl groups is 1. The maximum Gasteiger partial charge on any atom is 0.254 e. The van der Waals surface area contributed by atoms with Gasteiger partial charge in [-0.1, -0.05) is 23.4 Å². The van der Waals surface area contributed by atoms with Crippen LogP contribution >= 0.6 is 11.6 Å². The molecule has 0 saturated carbocycles. The van der Waals surface area contributed by atoms with Crippen LogP contribution in [0.2, 0.25) is 5.02 Å². The van der Waals surface area contributed by atoms with E-state index in [2.05, 4.69) is 11.8 Å². The second-order valence-electron chi connectivity index (χ2n) is 4.90. The van der Waals surface area contributed by atoms with Gasteiger partial charge in [0.15, 0.2) is 0 Å². The predicted octanol–water partition coefficient (Wildman–Crippen LogP) is 1.93. The number of carbonyl (C=O) groups excluding carboxylic acids is 1. The molecule has 1 saturated heterocycles. The van der Waals surface area contributed by atoms with Gasteiger partial charge in [-0.05, 0) is 25.1 Å². The van der Waals surface area contributed by atoms with Crippen LogP contribution in [-0.4, -0.2) is 48.3 Å². The van der Waals surface area contributed by atoms with Crippen molar-refractivity contribution in [3.05, 3.63) is 34.3 Å². The minimum atomic E-state index is -0.0399. The molecule has 5 heteroatoms. The minimum absolute atomic E-state index is 0.0242. The second kappa shape index (κ2) is 7.46. The first-order valence-electron chi connectivity index (χ1n) is 6.92. The van der Waals surface area contributed by atoms with Gasteiger partial charge < -0.3 is 14.7 Å². The molecule has 0 aliphatic carbocycles. The lowest BCUT2D eigenvalue weighted by Crippen LogP contribution is -2.44. The van der Waals surface area contributed by atoms with Crippen molar-refractivity contribution in [2.45, 2.75) is 19.4 Å². The smallest absolute Gasteiger partial charge is 0.254 e. The van der Waals surface area contributed by atoms with Crippen molar-refractivity contribution < 1.29 is 14.6 Å². The van der Waals surface area contributed by atoms with Crippen LogP contribution in [0.4, 0.5) is 0 Å². The zero-order chi connectivity index (χ0) is 15.2. The number of amides is 1. The van der Waals surface area contributed by atoms with E-state index in [1.807, 2.05) is 6.92 Å². The fourth-order valence-electron chi connectivity index (χ4n) is 2.15. The van der Waals surface area contributed by atoms with E-state index in [0.717, 1.165) is 0 Å². The van der Waals surface area contributed by atoms with Crippen molar-refractivity contribution in [3.63, 3.8) is 0 Å². The summed E-state index contributed by atoms with van der Waals surface area (Å²) in [5.41, 5.74) is 1.22. The highest BCUT2D eigenvalue weighted by atomic mass is 35.5. The Kier molecular flexibility index (Phi) is 5.63. The quantitative estimate of drug-likeness (QED) is 0.850. The summed E-state index contributed by atoms with van der Waals surface area (Å²) in [4.78, 5) is 14.2. The third-order valence-electron chi connectivity index (χ3n) is 3.20. The molecule has 0 bridgehead atoms. The molecule has 2 rings (SSSR count). The summed E-state index contributed by atoms with van der Waals surface area (Å²) in [5.74, 6) is 5.65. The number of ether oxygens (including phenoxy) is 1. The summed E-state index contributed by atoms with van der Waals surface area (Å²) in [6, 6.07) is 5.12. The number of benzene rings is 1. The molecule has 1 aromatic rings. The number of carbonyl (C=O) groups is 1. The standard InChI is InChI=1S/C16H18ClNO3/c1-12-11-18(7-9-21-12)16(20)14-6-5-13(15(17)10-14)4-2-3-8-19/h5-6,10,12,19H,3,7-9,11H2,1H3. The van der Waals surface area contributed by atoms with Gasteiger partial charge in [-0.3, -0.25) is 4.79 Å². The summed E-state index contributed by atoms with van der Waals surface area (Å²) < 4.78 is 5.43. The van der Waals surface area contributed by atoms with E-state index in [-0.39, 0.29) is 18.6 Å². The Hall–Kier alpha value is -1.54. The first-order valence-corrected chi connectivity index (χ1v) is 7.29. The Bertz CT molecular complexity index is 577. The lowest BCUT2D eigenvalue weighted by Gasteiger charge is -2.31. The number of morpholine rings is 1. The van der Waals surface area contributed by atoms with Gasteiger partial charge in [-0.25, -0.2) is 0 Å². The molecule has 1 aliphatic heterocycles. The highest BCUT2D eigenvalue weighted by Gasteiger charge is 2.22. The van der Waals surface area contributed by atoms with Crippen LogP contribution in [-0.2, 0) is 4.74 Å². The molecule has 4 nitrogen and oxygen atoms in total. The number of hydrogen-bond acceptors (Lipinski definition) is 3. The van der Waals surface area contributed by atoms with Crippen molar-refractivity contribution in [2.75, 3.05) is 26.3 Å². The summed E-state index contributed by atoms with van der Waals surface area (Å²) in [6.45, 7) is 3.72. The number of halogens is 1. The van der Waals surface area contributed by atoms with Crippen molar-refractivity contribution in [2.24, 2.45) is 0 Å². The molecular weight excluding hydrogens is 290 g/mol. The molecule has 1 N–H and O–H groups in total. The Morgan fingerprint density at radius 2 is 2.38 bits per heavy atom. The van der Waals surface area contributed by atoms with Gasteiger partial charge in [0, 0.05) is 30.6 Å². The van der Waals surface area contributed by atoms with Crippen LogP contribution in [0.25, 0.3) is 0 Å². The third kappa shape index (κ3) is 4.21. The highest BCUT2D eigenvalue weighted by molar-refractivity contribution is 6.32. The topological polar surface area (TPSA) is 49.8 Å². The minimum Gasteiger partial charge on any atom is -0.395 e. The lowest BCUT2D eigenvalue weighted by atomic mass is 10.1. The van der Waals surface area contributed by atoms with Crippen LogP contribution in [0.15, 0.2) is 18.2 Å². The van der Waals surface area contributed by atoms with Crippen molar-refractivity contribution >= 4 is 17.5 Å². The normalized spacial score (nSPS) is 18.0. The molecule has 112 valence electrons. The Balaban J connectivity index is 2.12. The van der Waals surface area contributed by atoms with Gasteiger partial charge in [-0.2, -0.15) is 0 Å². The molecule has 1 amide bonds. The van der Waals surface area contributed by atoms with Crippen LogP contribution < -0.4 is 0 Å². The molecule has 1 aliphatic rings. The van der Waals surface area contributed by atoms with Gasteiger partial charge >= 0.3 is 0 Å². The Morgan fingerprint density at radius 1 is 1.57 bits per heavy atom. The van der Waals surface area contributed by atoms with E-state index in [1.54, 1.807) is 23.1 Å². The number of hydrogen-bond donors (Lipinski definition) is 1. The summed E-state index contributed by atoms with van der Waals surface area (Å²) >= 11 is 6.16. The van der Waals surface area contributed by atoms with E-state index in [9.17, 15) is 4.79 Å². The number of nitrogens with zero attached hydrogens (tertiary/aromatic N) is 1. The monoisotopic (exact) mass is 307 g/mol. The molecule has 1 heterocycles. The third-order valence-corrected chi connectivity index (χ3v) is 3.52. The fourth-order valence-corrected chi connectivity index (χ4v) is 2.38. The van der Waals surface area contributed by atoms with Crippen molar-refractivity contribution in [3.8, 4) is 11.8 Å². The maximum absolute atomic E-state index is 12.4. The number of rotatable bonds is 2. The predicted molar refractivity (Wildman–Crippen MR) is 81.4 cm³/mol. The lowest BCUT2D eigenvalue weighted by molar-refractivity contribution is -0.0124. The maximum atomic E-state index is 12.4. The van der Waals surface area contributed by atoms with Gasteiger partial charge in [-0.15, -0.1) is 0 Å². The molecule has 21 heavy (non-hydrogen) atoms. The van der Waals surface area contributed by atoms with Gasteiger partial charge in [0.1, 0.15) is 0 Å². The first kappa shape index (κ1) is 15.8. The van der Waals surface area contributed by atoms with E-state index >= 15 is 0 Å². The van der Waals surface area contributed by atoms with E-state index in [1.165, 1.54) is 0 Å². The van der Waals surface area contributed by atoms with Crippen molar-refractivity contribution in [1.29, 1.82) is 0 Å². The molecule has 0 spiro atoms. The molecule has 1 aromatic carbocycles. The average Bonchev–Trinajstić information content (AvgIpc) is 2.48. The zero-order valence-corrected chi connectivity index (χ0v) is 12.7. The first-order chi connectivity index (χ1) is 10.1. The van der Waals surface area contributed by atoms with E-state index in [0.29, 0.717) is 42.3 Å². The molecular formula is C16H18ClNO3. The molecule has 0 radical (unpaired) electrons. The zero-order valence-electron chi connectivity index (χ0n) is 11.9. The Labute approximate surface area is 129 Å². The van der Waals surface area contributed by atoms with Crippen molar-refractivity contribution in [1.82, 2.24) is 4.90 Å². The molecule has 1 atom stereocenters. The summed E-state index contributed by atoms with van der Waals surface area (Å²) in [7, 11) is 0. The van der Waals surface area contributed by atoms with Crippen LogP contribution in [0.1, 0.15) is 29.3 Å². The summed E-state index contributed by atoms with van der Waals surface area (Å²) in [6.07, 6.45) is 0.463. The SMILES string of the molecule is CC1CN(C(=O)c2ccc(C#CCCO)c(Cl)c2)CCO1. The highest BCUT2D eigenvalue weighted by Crippen LogP contribution is 2.19. The van der Waals surface area contributed by atoms with E-state index in [4.69, 9.17) is 21.4 Å². The van der Waals surface area contributed by atoms with Crippen LogP contribution in [0.5, 0.6) is 0 Å². The molecule has 1 fully saturated rings. The van der Waals surface area contributed by atoms with Crippen LogP contribution in [0, 0.1) is 11.8 Å². The van der Waals surface area contributed by atoms with Gasteiger partial charge in [0.05, 0.1) is 24.3 Å². The molecule has 1 unspecified atom stereocenters.